The molecule has 29 heavy (non-hydrogen) atoms. The van der Waals surface area contributed by atoms with Crippen molar-refractivity contribution in [2.24, 2.45) is 0 Å². The van der Waals surface area contributed by atoms with E-state index in [1.54, 1.807) is 11.3 Å². The smallest absolute Gasteiger partial charge is 0.257 e. The van der Waals surface area contributed by atoms with Crippen LogP contribution in [0.15, 0.2) is 65.1 Å². The highest BCUT2D eigenvalue weighted by Gasteiger charge is 2.17. The van der Waals surface area contributed by atoms with Crippen LogP contribution < -0.4 is 5.32 Å². The topological polar surface area (TPSA) is 51.0 Å². The molecule has 0 spiro atoms. The molecule has 0 bridgehead atoms. The second-order valence-corrected chi connectivity index (χ2v) is 8.34. The first-order chi connectivity index (χ1) is 14.1. The van der Waals surface area contributed by atoms with E-state index in [9.17, 15) is 0 Å². The van der Waals surface area contributed by atoms with Gasteiger partial charge in [0.05, 0.1) is 17.5 Å². The van der Waals surface area contributed by atoms with Gasteiger partial charge >= 0.3 is 0 Å². The summed E-state index contributed by atoms with van der Waals surface area (Å²) >= 11 is 1.73. The standard InChI is InChI=1S/C24H25N3OS/c1-4-20-17(3)14-21(29-20)24-27-26-22(28-24)15-25-23(18-8-6-5-7-9-18)19-12-10-16(2)11-13-19/h5-14,23,25H,4,15H2,1-3H3. The quantitative estimate of drug-likeness (QED) is 0.420. The number of thiophene rings is 1. The van der Waals surface area contributed by atoms with Crippen LogP contribution in [0, 0.1) is 13.8 Å². The summed E-state index contributed by atoms with van der Waals surface area (Å²) in [6, 6.07) is 21.2. The highest BCUT2D eigenvalue weighted by atomic mass is 32.1. The van der Waals surface area contributed by atoms with Crippen LogP contribution in [0.4, 0.5) is 0 Å². The first kappa shape index (κ1) is 19.6. The summed E-state index contributed by atoms with van der Waals surface area (Å²) in [6.07, 6.45) is 1.02. The van der Waals surface area contributed by atoms with Crippen molar-refractivity contribution in [1.29, 1.82) is 0 Å². The fourth-order valence-electron chi connectivity index (χ4n) is 3.42. The molecule has 4 nitrogen and oxygen atoms in total. The third kappa shape index (κ3) is 4.47. The molecule has 0 aliphatic rings. The number of rotatable bonds is 7. The van der Waals surface area contributed by atoms with Gasteiger partial charge in [-0.25, -0.2) is 0 Å². The highest BCUT2D eigenvalue weighted by molar-refractivity contribution is 7.15. The average molecular weight is 404 g/mol. The monoisotopic (exact) mass is 403 g/mol. The van der Waals surface area contributed by atoms with E-state index in [1.165, 1.54) is 27.1 Å². The van der Waals surface area contributed by atoms with Crippen molar-refractivity contribution in [3.63, 3.8) is 0 Å². The van der Waals surface area contributed by atoms with Gasteiger partial charge < -0.3 is 4.42 Å². The molecule has 2 heterocycles. The van der Waals surface area contributed by atoms with E-state index in [0.29, 0.717) is 18.3 Å². The zero-order valence-electron chi connectivity index (χ0n) is 17.0. The van der Waals surface area contributed by atoms with Crippen molar-refractivity contribution < 1.29 is 4.42 Å². The fourth-order valence-corrected chi connectivity index (χ4v) is 4.46. The minimum atomic E-state index is 0.0582. The largest absolute Gasteiger partial charge is 0.419 e. The van der Waals surface area contributed by atoms with E-state index >= 15 is 0 Å². The van der Waals surface area contributed by atoms with Crippen molar-refractivity contribution in [1.82, 2.24) is 15.5 Å². The number of hydrogen-bond acceptors (Lipinski definition) is 5. The van der Waals surface area contributed by atoms with E-state index in [4.69, 9.17) is 4.42 Å². The van der Waals surface area contributed by atoms with E-state index in [1.807, 2.05) is 6.07 Å². The third-order valence-corrected chi connectivity index (χ3v) is 6.39. The van der Waals surface area contributed by atoms with Crippen LogP contribution in [-0.2, 0) is 13.0 Å². The van der Waals surface area contributed by atoms with Crippen LogP contribution in [0.3, 0.4) is 0 Å². The summed E-state index contributed by atoms with van der Waals surface area (Å²) in [5.41, 5.74) is 4.95. The molecule has 4 aromatic rings. The predicted octanol–water partition coefficient (Wildman–Crippen LogP) is 5.86. The molecule has 0 aliphatic carbocycles. The second kappa shape index (κ2) is 8.72. The third-order valence-electron chi connectivity index (χ3n) is 5.02. The first-order valence-electron chi connectivity index (χ1n) is 9.91. The summed E-state index contributed by atoms with van der Waals surface area (Å²) < 4.78 is 5.95. The van der Waals surface area contributed by atoms with Gasteiger partial charge in [-0.05, 0) is 43.0 Å². The van der Waals surface area contributed by atoms with Crippen molar-refractivity contribution in [2.45, 2.75) is 39.8 Å². The molecule has 0 radical (unpaired) electrons. The Hall–Kier alpha value is -2.76. The van der Waals surface area contributed by atoms with Gasteiger partial charge in [0.25, 0.3) is 5.89 Å². The Kier molecular flexibility index (Phi) is 5.88. The Labute approximate surface area is 175 Å². The minimum Gasteiger partial charge on any atom is -0.419 e. The number of aryl methyl sites for hydroxylation is 3. The minimum absolute atomic E-state index is 0.0582. The van der Waals surface area contributed by atoms with Crippen molar-refractivity contribution in [3.05, 3.63) is 93.7 Å². The molecule has 148 valence electrons. The average Bonchev–Trinajstić information content (AvgIpc) is 3.36. The molecule has 0 saturated carbocycles. The first-order valence-corrected chi connectivity index (χ1v) is 10.7. The molecule has 0 amide bonds. The number of hydrogen-bond donors (Lipinski definition) is 1. The van der Waals surface area contributed by atoms with Crippen LogP contribution in [0.5, 0.6) is 0 Å². The molecule has 0 aliphatic heterocycles. The van der Waals surface area contributed by atoms with Gasteiger partial charge in [-0.3, -0.25) is 5.32 Å². The Morgan fingerprint density at radius 1 is 0.966 bits per heavy atom. The summed E-state index contributed by atoms with van der Waals surface area (Å²) in [6.45, 7) is 6.90. The van der Waals surface area contributed by atoms with E-state index in [0.717, 1.165) is 11.3 Å². The summed E-state index contributed by atoms with van der Waals surface area (Å²) in [7, 11) is 0. The Morgan fingerprint density at radius 3 is 2.38 bits per heavy atom. The van der Waals surface area contributed by atoms with Gasteiger partial charge in [-0.1, -0.05) is 67.1 Å². The highest BCUT2D eigenvalue weighted by Crippen LogP contribution is 2.31. The van der Waals surface area contributed by atoms with Gasteiger partial charge in [0.1, 0.15) is 0 Å². The lowest BCUT2D eigenvalue weighted by molar-refractivity contribution is 0.462. The van der Waals surface area contributed by atoms with E-state index < -0.39 is 0 Å². The Bertz CT molecular complexity index is 1070. The van der Waals surface area contributed by atoms with E-state index in [-0.39, 0.29) is 6.04 Å². The Morgan fingerprint density at radius 2 is 1.69 bits per heavy atom. The van der Waals surface area contributed by atoms with Crippen LogP contribution in [0.2, 0.25) is 0 Å². The molecular formula is C24H25N3OS. The molecule has 0 fully saturated rings. The normalized spacial score (nSPS) is 12.2. The van der Waals surface area contributed by atoms with Crippen LogP contribution in [0.25, 0.3) is 10.8 Å². The molecule has 1 N–H and O–H groups in total. The number of nitrogens with zero attached hydrogens (tertiary/aromatic N) is 2. The molecule has 0 saturated heterocycles. The molecule has 2 aromatic heterocycles. The SMILES string of the molecule is CCc1sc(-c2nnc(CNC(c3ccccc3)c3ccc(C)cc3)o2)cc1C. The summed E-state index contributed by atoms with van der Waals surface area (Å²) in [5, 5.41) is 12.1. The maximum Gasteiger partial charge on any atom is 0.257 e. The molecular weight excluding hydrogens is 378 g/mol. The van der Waals surface area contributed by atoms with Gasteiger partial charge in [-0.2, -0.15) is 0 Å². The lowest BCUT2D eigenvalue weighted by atomic mass is 9.98. The second-order valence-electron chi connectivity index (χ2n) is 7.21. The molecule has 2 aromatic carbocycles. The van der Waals surface area contributed by atoms with Crippen LogP contribution >= 0.6 is 11.3 Å². The maximum atomic E-state index is 5.95. The van der Waals surface area contributed by atoms with Gasteiger partial charge in [0.15, 0.2) is 0 Å². The van der Waals surface area contributed by atoms with Crippen LogP contribution in [0.1, 0.15) is 46.0 Å². The maximum absolute atomic E-state index is 5.95. The van der Waals surface area contributed by atoms with E-state index in [2.05, 4.69) is 90.9 Å². The number of aromatic nitrogens is 2. The zero-order chi connectivity index (χ0) is 20.2. The van der Waals surface area contributed by atoms with Gasteiger partial charge in [0.2, 0.25) is 5.89 Å². The predicted molar refractivity (Wildman–Crippen MR) is 118 cm³/mol. The molecule has 1 atom stereocenters. The Balaban J connectivity index is 1.53. The molecule has 4 rings (SSSR count). The van der Waals surface area contributed by atoms with Crippen molar-refractivity contribution in [2.75, 3.05) is 0 Å². The molecule has 5 heteroatoms. The molecule has 1 unspecified atom stereocenters. The number of benzene rings is 2. The van der Waals surface area contributed by atoms with Crippen molar-refractivity contribution in [3.8, 4) is 10.8 Å². The van der Waals surface area contributed by atoms with Crippen molar-refractivity contribution >= 4 is 11.3 Å². The number of nitrogens with one attached hydrogen (secondary N) is 1. The summed E-state index contributed by atoms with van der Waals surface area (Å²) in [4.78, 5) is 2.40. The fraction of sp³-hybridized carbons (Fsp3) is 0.250. The zero-order valence-corrected chi connectivity index (χ0v) is 17.8. The van der Waals surface area contributed by atoms with Gasteiger partial charge in [-0.15, -0.1) is 21.5 Å². The van der Waals surface area contributed by atoms with Crippen LogP contribution in [-0.4, -0.2) is 10.2 Å². The lowest BCUT2D eigenvalue weighted by Crippen LogP contribution is -2.22. The lowest BCUT2D eigenvalue weighted by Gasteiger charge is -2.19. The summed E-state index contributed by atoms with van der Waals surface area (Å²) in [5.74, 6) is 1.19. The van der Waals surface area contributed by atoms with Gasteiger partial charge in [0, 0.05) is 4.88 Å².